The van der Waals surface area contributed by atoms with E-state index < -0.39 is 30.3 Å². The first-order chi connectivity index (χ1) is 16.2. The number of carbonyl (C=O) groups is 4. The molecule has 1 heterocycles. The van der Waals surface area contributed by atoms with Crippen molar-refractivity contribution in [2.75, 3.05) is 26.1 Å². The predicted molar refractivity (Wildman–Crippen MR) is 115 cm³/mol. The van der Waals surface area contributed by atoms with Gasteiger partial charge in [-0.1, -0.05) is 11.6 Å². The predicted octanol–water partition coefficient (Wildman–Crippen LogP) is 3.41. The summed E-state index contributed by atoms with van der Waals surface area (Å²) in [6.45, 7) is -1.35. The number of alkyl halides is 2. The van der Waals surface area contributed by atoms with E-state index in [1.54, 1.807) is 18.2 Å². The number of nitrogens with one attached hydrogen (secondary N) is 1. The van der Waals surface area contributed by atoms with Crippen LogP contribution in [0.15, 0.2) is 30.3 Å². The first kappa shape index (κ1) is 24.6. The van der Waals surface area contributed by atoms with Gasteiger partial charge in [0.05, 0.1) is 36.6 Å². The SMILES string of the molecule is COC(=O)c1cc(OC)c(OC(F)F)cc1NC(=O)CCCN1C(=O)c2ccc(C)cc2C1=O. The number of nitrogens with zero attached hydrogens (tertiary/aromatic N) is 1. The van der Waals surface area contributed by atoms with Gasteiger partial charge in [-0.15, -0.1) is 0 Å². The van der Waals surface area contributed by atoms with Crippen LogP contribution in [0, 0.1) is 6.92 Å². The van der Waals surface area contributed by atoms with Gasteiger partial charge >= 0.3 is 12.6 Å². The summed E-state index contributed by atoms with van der Waals surface area (Å²) in [7, 11) is 2.32. The summed E-state index contributed by atoms with van der Waals surface area (Å²) in [4.78, 5) is 50.7. The van der Waals surface area contributed by atoms with Crippen LogP contribution in [-0.2, 0) is 9.53 Å². The molecule has 180 valence electrons. The van der Waals surface area contributed by atoms with Crippen LogP contribution in [0.5, 0.6) is 11.5 Å². The molecule has 0 aliphatic carbocycles. The van der Waals surface area contributed by atoms with Crippen LogP contribution in [0.25, 0.3) is 0 Å². The minimum Gasteiger partial charge on any atom is -0.493 e. The Morgan fingerprint density at radius 2 is 1.74 bits per heavy atom. The third kappa shape index (κ3) is 5.13. The molecule has 0 aromatic heterocycles. The van der Waals surface area contributed by atoms with Gasteiger partial charge in [0, 0.05) is 25.1 Å². The third-order valence-corrected chi connectivity index (χ3v) is 5.11. The Bertz CT molecular complexity index is 1150. The van der Waals surface area contributed by atoms with Crippen molar-refractivity contribution in [3.8, 4) is 11.5 Å². The van der Waals surface area contributed by atoms with Crippen molar-refractivity contribution >= 4 is 29.4 Å². The van der Waals surface area contributed by atoms with E-state index in [-0.39, 0.29) is 42.1 Å². The van der Waals surface area contributed by atoms with Crippen molar-refractivity contribution in [3.05, 3.63) is 52.6 Å². The first-order valence-corrected chi connectivity index (χ1v) is 10.2. The molecular weight excluding hydrogens is 454 g/mol. The van der Waals surface area contributed by atoms with Gasteiger partial charge in [-0.05, 0) is 25.5 Å². The number of ether oxygens (including phenoxy) is 3. The first-order valence-electron chi connectivity index (χ1n) is 10.2. The summed E-state index contributed by atoms with van der Waals surface area (Å²) >= 11 is 0. The van der Waals surface area contributed by atoms with Gasteiger partial charge in [-0.3, -0.25) is 19.3 Å². The number of fused-ring (bicyclic) bond motifs is 1. The Morgan fingerprint density at radius 3 is 2.38 bits per heavy atom. The second-order valence-corrected chi connectivity index (χ2v) is 7.38. The van der Waals surface area contributed by atoms with E-state index in [4.69, 9.17) is 4.74 Å². The van der Waals surface area contributed by atoms with Crippen LogP contribution < -0.4 is 14.8 Å². The smallest absolute Gasteiger partial charge is 0.387 e. The van der Waals surface area contributed by atoms with Crippen LogP contribution in [0.4, 0.5) is 14.5 Å². The van der Waals surface area contributed by atoms with E-state index in [0.717, 1.165) is 29.7 Å². The quantitative estimate of drug-likeness (QED) is 0.436. The van der Waals surface area contributed by atoms with Gasteiger partial charge in [-0.25, -0.2) is 4.79 Å². The zero-order chi connectivity index (χ0) is 25.0. The molecule has 1 aliphatic heterocycles. The molecule has 0 atom stereocenters. The van der Waals surface area contributed by atoms with Crippen molar-refractivity contribution in [1.82, 2.24) is 4.90 Å². The fraction of sp³-hybridized carbons (Fsp3) is 0.304. The standard InChI is InChI=1S/C23H22F2N2O7/c1-12-6-7-13-14(9-12)21(30)27(20(13)29)8-4-5-19(28)26-16-11-18(34-23(24)25)17(32-2)10-15(16)22(31)33-3/h6-7,9-11,23H,4-5,8H2,1-3H3,(H,26,28). The van der Waals surface area contributed by atoms with Crippen LogP contribution in [0.3, 0.4) is 0 Å². The van der Waals surface area contributed by atoms with Crippen LogP contribution in [0.2, 0.25) is 0 Å². The minimum absolute atomic E-state index is 0.00499. The largest absolute Gasteiger partial charge is 0.493 e. The summed E-state index contributed by atoms with van der Waals surface area (Å²) < 4.78 is 39.5. The highest BCUT2D eigenvalue weighted by Crippen LogP contribution is 2.35. The molecule has 11 heteroatoms. The molecule has 0 spiro atoms. The van der Waals surface area contributed by atoms with E-state index in [0.29, 0.717) is 11.1 Å². The van der Waals surface area contributed by atoms with Gasteiger partial charge < -0.3 is 19.5 Å². The second kappa shape index (κ2) is 10.3. The number of imide groups is 1. The summed E-state index contributed by atoms with van der Waals surface area (Å²) in [5.74, 6) is -2.82. The van der Waals surface area contributed by atoms with E-state index in [1.807, 2.05) is 6.92 Å². The maximum Gasteiger partial charge on any atom is 0.387 e. The molecule has 1 N–H and O–H groups in total. The van der Waals surface area contributed by atoms with Crippen LogP contribution in [-0.4, -0.2) is 56.0 Å². The molecule has 34 heavy (non-hydrogen) atoms. The number of benzene rings is 2. The number of hydrogen-bond donors (Lipinski definition) is 1. The van der Waals surface area contributed by atoms with Crippen LogP contribution in [0.1, 0.15) is 49.5 Å². The number of aryl methyl sites for hydroxylation is 1. The average Bonchev–Trinajstić information content (AvgIpc) is 3.02. The number of methoxy groups -OCH3 is 2. The number of amides is 3. The maximum atomic E-state index is 12.7. The third-order valence-electron chi connectivity index (χ3n) is 5.11. The van der Waals surface area contributed by atoms with Crippen molar-refractivity contribution in [2.24, 2.45) is 0 Å². The van der Waals surface area contributed by atoms with Crippen molar-refractivity contribution in [3.63, 3.8) is 0 Å². The molecular formula is C23H22F2N2O7. The Labute approximate surface area is 193 Å². The fourth-order valence-corrected chi connectivity index (χ4v) is 3.51. The normalized spacial score (nSPS) is 12.6. The number of hydrogen-bond acceptors (Lipinski definition) is 7. The second-order valence-electron chi connectivity index (χ2n) is 7.38. The number of rotatable bonds is 9. The topological polar surface area (TPSA) is 111 Å². The average molecular weight is 476 g/mol. The molecule has 0 radical (unpaired) electrons. The molecule has 3 amide bonds. The number of carbonyl (C=O) groups excluding carboxylic acids is 4. The lowest BCUT2D eigenvalue weighted by atomic mass is 10.1. The van der Waals surface area contributed by atoms with E-state index >= 15 is 0 Å². The Morgan fingerprint density at radius 1 is 1.03 bits per heavy atom. The summed E-state index contributed by atoms with van der Waals surface area (Å²) in [6.07, 6.45) is 0.0184. The highest BCUT2D eigenvalue weighted by atomic mass is 19.3. The lowest BCUT2D eigenvalue weighted by Gasteiger charge is -2.16. The molecule has 0 unspecified atom stereocenters. The number of esters is 1. The monoisotopic (exact) mass is 476 g/mol. The molecule has 9 nitrogen and oxygen atoms in total. The Kier molecular flexibility index (Phi) is 7.44. The Hall–Kier alpha value is -4.02. The molecule has 0 fully saturated rings. The lowest BCUT2D eigenvalue weighted by Crippen LogP contribution is -2.31. The van der Waals surface area contributed by atoms with Crippen LogP contribution >= 0.6 is 0 Å². The van der Waals surface area contributed by atoms with Crippen molar-refractivity contribution in [1.29, 1.82) is 0 Å². The zero-order valence-corrected chi connectivity index (χ0v) is 18.6. The van der Waals surface area contributed by atoms with Gasteiger partial charge in [0.25, 0.3) is 11.8 Å². The molecule has 2 aromatic carbocycles. The molecule has 1 aliphatic rings. The van der Waals surface area contributed by atoms with E-state index in [2.05, 4.69) is 14.8 Å². The molecule has 3 rings (SSSR count). The maximum absolute atomic E-state index is 12.7. The van der Waals surface area contributed by atoms with Crippen molar-refractivity contribution < 1.29 is 42.2 Å². The molecule has 0 saturated heterocycles. The minimum atomic E-state index is -3.16. The molecule has 0 bridgehead atoms. The summed E-state index contributed by atoms with van der Waals surface area (Å²) in [5.41, 5.74) is 1.22. The molecule has 0 saturated carbocycles. The van der Waals surface area contributed by atoms with E-state index in [1.165, 1.54) is 7.11 Å². The Balaban J connectivity index is 1.69. The van der Waals surface area contributed by atoms with Crippen molar-refractivity contribution in [2.45, 2.75) is 26.4 Å². The van der Waals surface area contributed by atoms with E-state index in [9.17, 15) is 28.0 Å². The summed E-state index contributed by atoms with van der Waals surface area (Å²) in [6, 6.07) is 7.11. The van der Waals surface area contributed by atoms with Gasteiger partial charge in [0.15, 0.2) is 11.5 Å². The van der Waals surface area contributed by atoms with Gasteiger partial charge in [0.1, 0.15) is 0 Å². The summed E-state index contributed by atoms with van der Waals surface area (Å²) in [5, 5.41) is 2.45. The highest BCUT2D eigenvalue weighted by molar-refractivity contribution is 6.21. The lowest BCUT2D eigenvalue weighted by molar-refractivity contribution is -0.116. The number of halogens is 2. The highest BCUT2D eigenvalue weighted by Gasteiger charge is 2.35. The fourth-order valence-electron chi connectivity index (χ4n) is 3.51. The van der Waals surface area contributed by atoms with Gasteiger partial charge in [-0.2, -0.15) is 8.78 Å². The number of anilines is 1. The van der Waals surface area contributed by atoms with Gasteiger partial charge in [0.2, 0.25) is 5.91 Å². The zero-order valence-electron chi connectivity index (χ0n) is 18.6. The molecule has 2 aromatic rings.